The third-order valence-corrected chi connectivity index (χ3v) is 4.49. The molecule has 4 nitrogen and oxygen atoms in total. The summed E-state index contributed by atoms with van der Waals surface area (Å²) in [5, 5.41) is 2.98. The van der Waals surface area contributed by atoms with Crippen molar-refractivity contribution in [2.75, 3.05) is 18.0 Å². The molecule has 24 heavy (non-hydrogen) atoms. The molecule has 0 unspecified atom stereocenters. The van der Waals surface area contributed by atoms with Crippen LogP contribution in [-0.2, 0) is 13.0 Å². The minimum Gasteiger partial charge on any atom is -0.366 e. The van der Waals surface area contributed by atoms with Crippen molar-refractivity contribution in [2.24, 2.45) is 5.92 Å². The van der Waals surface area contributed by atoms with E-state index in [2.05, 4.69) is 53.3 Å². The number of nitrogens with one attached hydrogen (secondary N) is 1. The molecular formula is C20H25N3O. The highest BCUT2D eigenvalue weighted by atomic mass is 16.1. The molecule has 1 N–H and O–H groups in total. The molecule has 0 radical (unpaired) electrons. The number of amides is 1. The van der Waals surface area contributed by atoms with Crippen molar-refractivity contribution < 1.29 is 4.79 Å². The number of pyridine rings is 1. The fourth-order valence-electron chi connectivity index (χ4n) is 3.02. The average molecular weight is 323 g/mol. The molecule has 2 aromatic rings. The Bertz CT molecular complexity index is 712. The zero-order valence-electron chi connectivity index (χ0n) is 14.5. The number of benzene rings is 1. The lowest BCUT2D eigenvalue weighted by atomic mass is 9.99. The highest BCUT2D eigenvalue weighted by Gasteiger charge is 2.17. The Kier molecular flexibility index (Phi) is 5.14. The first-order valence-electron chi connectivity index (χ1n) is 8.68. The summed E-state index contributed by atoms with van der Waals surface area (Å²) >= 11 is 0. The van der Waals surface area contributed by atoms with Crippen molar-refractivity contribution in [1.29, 1.82) is 0 Å². The Balaban J connectivity index is 1.68. The van der Waals surface area contributed by atoms with Gasteiger partial charge in [0.05, 0.1) is 17.4 Å². The monoisotopic (exact) mass is 323 g/mol. The van der Waals surface area contributed by atoms with Crippen LogP contribution in [0, 0.1) is 5.92 Å². The van der Waals surface area contributed by atoms with Crippen LogP contribution in [-0.4, -0.2) is 24.0 Å². The second-order valence-electron chi connectivity index (χ2n) is 6.81. The molecule has 0 spiro atoms. The maximum Gasteiger partial charge on any atom is 0.252 e. The zero-order chi connectivity index (χ0) is 16.9. The fraction of sp³-hybridized carbons (Fsp3) is 0.400. The molecule has 0 fully saturated rings. The Hall–Kier alpha value is -2.36. The summed E-state index contributed by atoms with van der Waals surface area (Å²) in [5.41, 5.74) is 4.43. The van der Waals surface area contributed by atoms with E-state index in [1.54, 1.807) is 6.20 Å². The van der Waals surface area contributed by atoms with Gasteiger partial charge in [-0.3, -0.25) is 9.78 Å². The highest BCUT2D eigenvalue weighted by molar-refractivity contribution is 5.94. The van der Waals surface area contributed by atoms with Crippen LogP contribution in [0.15, 0.2) is 42.7 Å². The van der Waals surface area contributed by atoms with E-state index in [1.165, 1.54) is 11.1 Å². The van der Waals surface area contributed by atoms with E-state index in [9.17, 15) is 4.79 Å². The molecule has 1 aliphatic heterocycles. The summed E-state index contributed by atoms with van der Waals surface area (Å²) in [6, 6.07) is 10.5. The lowest BCUT2D eigenvalue weighted by molar-refractivity contribution is 0.0951. The quantitative estimate of drug-likeness (QED) is 0.917. The van der Waals surface area contributed by atoms with Crippen LogP contribution >= 0.6 is 0 Å². The molecule has 0 saturated heterocycles. The van der Waals surface area contributed by atoms with Gasteiger partial charge < -0.3 is 10.2 Å². The van der Waals surface area contributed by atoms with E-state index in [0.29, 0.717) is 18.0 Å². The summed E-state index contributed by atoms with van der Waals surface area (Å²) in [7, 11) is 0. The number of anilines is 1. The number of aromatic nitrogens is 1. The number of fused-ring (bicyclic) bond motifs is 1. The smallest absolute Gasteiger partial charge is 0.252 e. The third-order valence-electron chi connectivity index (χ3n) is 4.49. The SMILES string of the molecule is CC(C)CCNC(=O)c1cncc(N2CCc3ccccc3C2)c1. The van der Waals surface area contributed by atoms with Gasteiger partial charge in [-0.25, -0.2) is 0 Å². The largest absolute Gasteiger partial charge is 0.366 e. The van der Waals surface area contributed by atoms with Crippen molar-refractivity contribution in [3.63, 3.8) is 0 Å². The Morgan fingerprint density at radius 3 is 2.83 bits per heavy atom. The van der Waals surface area contributed by atoms with Crippen LogP contribution in [0.5, 0.6) is 0 Å². The van der Waals surface area contributed by atoms with Gasteiger partial charge in [0, 0.05) is 25.8 Å². The van der Waals surface area contributed by atoms with Crippen LogP contribution < -0.4 is 10.2 Å². The van der Waals surface area contributed by atoms with Gasteiger partial charge in [0.15, 0.2) is 0 Å². The van der Waals surface area contributed by atoms with Gasteiger partial charge in [0.1, 0.15) is 0 Å². The Morgan fingerprint density at radius 1 is 1.25 bits per heavy atom. The molecule has 4 heteroatoms. The summed E-state index contributed by atoms with van der Waals surface area (Å²) in [5.74, 6) is 0.547. The van der Waals surface area contributed by atoms with Crippen molar-refractivity contribution >= 4 is 11.6 Å². The number of carbonyl (C=O) groups is 1. The second kappa shape index (κ2) is 7.47. The number of hydrogen-bond donors (Lipinski definition) is 1. The van der Waals surface area contributed by atoms with E-state index < -0.39 is 0 Å². The average Bonchev–Trinajstić information content (AvgIpc) is 2.61. The second-order valence-corrected chi connectivity index (χ2v) is 6.81. The van der Waals surface area contributed by atoms with Gasteiger partial charge in [0.25, 0.3) is 5.91 Å². The molecule has 1 amide bonds. The summed E-state index contributed by atoms with van der Waals surface area (Å²) in [6.07, 6.45) is 5.51. The molecule has 0 bridgehead atoms. The lowest BCUT2D eigenvalue weighted by Crippen LogP contribution is -2.31. The van der Waals surface area contributed by atoms with Gasteiger partial charge in [0.2, 0.25) is 0 Å². The van der Waals surface area contributed by atoms with Crippen molar-refractivity contribution in [2.45, 2.75) is 33.2 Å². The van der Waals surface area contributed by atoms with Crippen molar-refractivity contribution in [3.8, 4) is 0 Å². The highest BCUT2D eigenvalue weighted by Crippen LogP contribution is 2.24. The number of rotatable bonds is 5. The maximum atomic E-state index is 12.3. The lowest BCUT2D eigenvalue weighted by Gasteiger charge is -2.30. The zero-order valence-corrected chi connectivity index (χ0v) is 14.5. The van der Waals surface area contributed by atoms with Crippen LogP contribution in [0.3, 0.4) is 0 Å². The molecular weight excluding hydrogens is 298 g/mol. The molecule has 1 aromatic heterocycles. The van der Waals surface area contributed by atoms with Crippen LogP contribution in [0.2, 0.25) is 0 Å². The van der Waals surface area contributed by atoms with Crippen LogP contribution in [0.4, 0.5) is 5.69 Å². The van der Waals surface area contributed by atoms with Crippen LogP contribution in [0.1, 0.15) is 41.8 Å². The van der Waals surface area contributed by atoms with Gasteiger partial charge in [-0.1, -0.05) is 38.1 Å². The molecule has 0 saturated carbocycles. The first-order valence-corrected chi connectivity index (χ1v) is 8.68. The first-order chi connectivity index (χ1) is 11.6. The Morgan fingerprint density at radius 2 is 2.04 bits per heavy atom. The molecule has 2 heterocycles. The molecule has 1 aliphatic rings. The van der Waals surface area contributed by atoms with E-state index >= 15 is 0 Å². The number of carbonyl (C=O) groups excluding carboxylic acids is 1. The Labute approximate surface area is 143 Å². The molecule has 1 aromatic carbocycles. The number of hydrogen-bond acceptors (Lipinski definition) is 3. The minimum absolute atomic E-state index is 0.0394. The molecule has 3 rings (SSSR count). The van der Waals surface area contributed by atoms with E-state index in [4.69, 9.17) is 0 Å². The van der Waals surface area contributed by atoms with Crippen molar-refractivity contribution in [1.82, 2.24) is 10.3 Å². The van der Waals surface area contributed by atoms with E-state index in [-0.39, 0.29) is 5.91 Å². The summed E-state index contributed by atoms with van der Waals surface area (Å²) in [4.78, 5) is 18.9. The number of nitrogens with zero attached hydrogens (tertiary/aromatic N) is 2. The summed E-state index contributed by atoms with van der Waals surface area (Å²) < 4.78 is 0. The molecule has 126 valence electrons. The van der Waals surface area contributed by atoms with Gasteiger partial charge in [-0.15, -0.1) is 0 Å². The minimum atomic E-state index is -0.0394. The summed E-state index contributed by atoms with van der Waals surface area (Å²) in [6.45, 7) is 6.84. The fourth-order valence-corrected chi connectivity index (χ4v) is 3.02. The van der Waals surface area contributed by atoms with Gasteiger partial charge in [-0.2, -0.15) is 0 Å². The van der Waals surface area contributed by atoms with Crippen LogP contribution in [0.25, 0.3) is 0 Å². The standard InChI is InChI=1S/C20H25N3O/c1-15(2)7-9-22-20(24)18-11-19(13-21-12-18)23-10-8-16-5-3-4-6-17(16)14-23/h3-6,11-13,15H,7-10,14H2,1-2H3,(H,22,24). The van der Waals surface area contributed by atoms with Gasteiger partial charge in [-0.05, 0) is 36.0 Å². The topological polar surface area (TPSA) is 45.2 Å². The van der Waals surface area contributed by atoms with E-state index in [0.717, 1.165) is 31.6 Å². The van der Waals surface area contributed by atoms with Crippen molar-refractivity contribution in [3.05, 3.63) is 59.4 Å². The molecule has 0 atom stereocenters. The third kappa shape index (κ3) is 3.94. The maximum absolute atomic E-state index is 12.3. The predicted molar refractivity (Wildman–Crippen MR) is 97.2 cm³/mol. The normalized spacial score (nSPS) is 13.7. The van der Waals surface area contributed by atoms with Gasteiger partial charge >= 0.3 is 0 Å². The van der Waals surface area contributed by atoms with E-state index in [1.807, 2.05) is 12.3 Å². The molecule has 0 aliphatic carbocycles. The first kappa shape index (κ1) is 16.5. The predicted octanol–water partition coefficient (Wildman–Crippen LogP) is 3.42.